The first-order chi connectivity index (χ1) is 12.8. The molecule has 144 valence electrons. The lowest BCUT2D eigenvalue weighted by Crippen LogP contribution is -2.45. The number of likely N-dealkylation sites (tertiary alicyclic amines) is 1. The standard InChI is InChI=1S/C21H28N4O2/c1-21(2,3)20(27)24-13-10-17(11-14-24)19(26)23-18-9-12-22-25(18)15-16-7-5-4-6-8-16/h4-9,12,17H,10-11,13-15H2,1-3H3,(H,23,26). The second kappa shape index (κ2) is 7.94. The maximum Gasteiger partial charge on any atom is 0.228 e. The fourth-order valence-corrected chi connectivity index (χ4v) is 3.37. The molecule has 0 spiro atoms. The zero-order chi connectivity index (χ0) is 19.4. The van der Waals surface area contributed by atoms with Crippen molar-refractivity contribution in [3.63, 3.8) is 0 Å². The second-order valence-corrected chi connectivity index (χ2v) is 8.17. The van der Waals surface area contributed by atoms with E-state index in [1.807, 2.05) is 62.1 Å². The molecule has 0 saturated carbocycles. The van der Waals surface area contributed by atoms with Crippen molar-refractivity contribution in [1.82, 2.24) is 14.7 Å². The maximum absolute atomic E-state index is 12.7. The van der Waals surface area contributed by atoms with Crippen LogP contribution in [0.4, 0.5) is 5.82 Å². The Bertz CT molecular complexity index is 784. The number of hydrogen-bond donors (Lipinski definition) is 1. The molecule has 2 heterocycles. The number of anilines is 1. The number of hydrogen-bond acceptors (Lipinski definition) is 3. The lowest BCUT2D eigenvalue weighted by atomic mass is 9.90. The fourth-order valence-electron chi connectivity index (χ4n) is 3.37. The number of nitrogens with one attached hydrogen (secondary N) is 1. The predicted molar refractivity (Wildman–Crippen MR) is 105 cm³/mol. The third-order valence-electron chi connectivity index (χ3n) is 4.94. The summed E-state index contributed by atoms with van der Waals surface area (Å²) in [5.41, 5.74) is 0.754. The van der Waals surface area contributed by atoms with E-state index >= 15 is 0 Å². The number of amides is 2. The van der Waals surface area contributed by atoms with E-state index in [-0.39, 0.29) is 23.1 Å². The largest absolute Gasteiger partial charge is 0.342 e. The van der Waals surface area contributed by atoms with Crippen molar-refractivity contribution in [2.45, 2.75) is 40.2 Å². The van der Waals surface area contributed by atoms with Crippen LogP contribution in [0.1, 0.15) is 39.2 Å². The minimum atomic E-state index is -0.376. The van der Waals surface area contributed by atoms with Crippen molar-refractivity contribution in [2.24, 2.45) is 11.3 Å². The summed E-state index contributed by atoms with van der Waals surface area (Å²) in [7, 11) is 0. The van der Waals surface area contributed by atoms with Gasteiger partial charge in [-0.25, -0.2) is 4.68 Å². The van der Waals surface area contributed by atoms with Crippen LogP contribution in [0, 0.1) is 11.3 Å². The third kappa shape index (κ3) is 4.76. The minimum absolute atomic E-state index is 0.00710. The number of rotatable bonds is 4. The Morgan fingerprint density at radius 2 is 1.78 bits per heavy atom. The highest BCUT2D eigenvalue weighted by Gasteiger charge is 2.32. The van der Waals surface area contributed by atoms with Gasteiger partial charge in [0.15, 0.2) is 0 Å². The number of nitrogens with zero attached hydrogens (tertiary/aromatic N) is 3. The van der Waals surface area contributed by atoms with Gasteiger partial charge in [-0.1, -0.05) is 51.1 Å². The second-order valence-electron chi connectivity index (χ2n) is 8.17. The lowest BCUT2D eigenvalue weighted by Gasteiger charge is -2.35. The average Bonchev–Trinajstić information content (AvgIpc) is 3.08. The molecule has 2 amide bonds. The molecule has 6 heteroatoms. The molecular weight excluding hydrogens is 340 g/mol. The van der Waals surface area contributed by atoms with Gasteiger partial charge in [0.25, 0.3) is 0 Å². The highest BCUT2D eigenvalue weighted by molar-refractivity contribution is 5.92. The zero-order valence-electron chi connectivity index (χ0n) is 16.3. The molecule has 3 rings (SSSR count). The number of benzene rings is 1. The van der Waals surface area contributed by atoms with Gasteiger partial charge in [-0.2, -0.15) is 5.10 Å². The third-order valence-corrected chi connectivity index (χ3v) is 4.94. The van der Waals surface area contributed by atoms with E-state index in [1.165, 1.54) is 0 Å². The molecule has 1 aromatic carbocycles. The van der Waals surface area contributed by atoms with E-state index in [2.05, 4.69) is 10.4 Å². The van der Waals surface area contributed by atoms with Gasteiger partial charge in [0.05, 0.1) is 12.7 Å². The average molecular weight is 368 g/mol. The molecule has 2 aromatic rings. The Kier molecular flexibility index (Phi) is 5.63. The van der Waals surface area contributed by atoms with Gasteiger partial charge >= 0.3 is 0 Å². The summed E-state index contributed by atoms with van der Waals surface area (Å²) in [5.74, 6) is 0.793. The summed E-state index contributed by atoms with van der Waals surface area (Å²) in [6.07, 6.45) is 3.09. The quantitative estimate of drug-likeness (QED) is 0.901. The van der Waals surface area contributed by atoms with Crippen molar-refractivity contribution in [2.75, 3.05) is 18.4 Å². The summed E-state index contributed by atoms with van der Waals surface area (Å²) in [6.45, 7) is 7.68. The van der Waals surface area contributed by atoms with Gasteiger partial charge < -0.3 is 10.2 Å². The Hall–Kier alpha value is -2.63. The van der Waals surface area contributed by atoms with E-state index in [0.717, 1.165) is 5.56 Å². The van der Waals surface area contributed by atoms with E-state index in [0.29, 0.717) is 38.3 Å². The first-order valence-electron chi connectivity index (χ1n) is 9.50. The van der Waals surface area contributed by atoms with E-state index in [4.69, 9.17) is 0 Å². The maximum atomic E-state index is 12.7. The van der Waals surface area contributed by atoms with Crippen molar-refractivity contribution < 1.29 is 9.59 Å². The molecule has 0 radical (unpaired) electrons. The highest BCUT2D eigenvalue weighted by atomic mass is 16.2. The Morgan fingerprint density at radius 1 is 1.11 bits per heavy atom. The van der Waals surface area contributed by atoms with Gasteiger partial charge in [-0.15, -0.1) is 0 Å². The predicted octanol–water partition coefficient (Wildman–Crippen LogP) is 3.15. The molecule has 0 bridgehead atoms. The summed E-state index contributed by atoms with van der Waals surface area (Å²) in [5, 5.41) is 7.33. The SMILES string of the molecule is CC(C)(C)C(=O)N1CCC(C(=O)Nc2ccnn2Cc2ccccc2)CC1. The van der Waals surface area contributed by atoms with Crippen molar-refractivity contribution >= 4 is 17.6 Å². The first-order valence-corrected chi connectivity index (χ1v) is 9.50. The Balaban J connectivity index is 1.56. The molecule has 1 fully saturated rings. The minimum Gasteiger partial charge on any atom is -0.342 e. The van der Waals surface area contributed by atoms with Crippen molar-refractivity contribution in [1.29, 1.82) is 0 Å². The number of aromatic nitrogens is 2. The van der Waals surface area contributed by atoms with E-state index in [9.17, 15) is 9.59 Å². The van der Waals surface area contributed by atoms with Crippen molar-refractivity contribution in [3.05, 3.63) is 48.2 Å². The lowest BCUT2D eigenvalue weighted by molar-refractivity contribution is -0.142. The number of carbonyl (C=O) groups excluding carboxylic acids is 2. The van der Waals surface area contributed by atoms with Gasteiger partial charge in [-0.3, -0.25) is 9.59 Å². The Labute approximate surface area is 160 Å². The molecule has 6 nitrogen and oxygen atoms in total. The molecular formula is C21H28N4O2. The molecule has 1 N–H and O–H groups in total. The summed E-state index contributed by atoms with van der Waals surface area (Å²) in [6, 6.07) is 11.9. The summed E-state index contributed by atoms with van der Waals surface area (Å²) in [4.78, 5) is 27.0. The molecule has 0 aliphatic carbocycles. The van der Waals surface area contributed by atoms with Gasteiger partial charge in [0.1, 0.15) is 5.82 Å². The van der Waals surface area contributed by atoms with E-state index < -0.39 is 0 Å². The molecule has 1 saturated heterocycles. The highest BCUT2D eigenvalue weighted by Crippen LogP contribution is 2.24. The van der Waals surface area contributed by atoms with Crippen LogP contribution in [0.2, 0.25) is 0 Å². The molecule has 1 aliphatic rings. The van der Waals surface area contributed by atoms with Crippen LogP contribution in [0.15, 0.2) is 42.6 Å². The number of carbonyl (C=O) groups is 2. The van der Waals surface area contributed by atoms with Crippen LogP contribution in [-0.2, 0) is 16.1 Å². The van der Waals surface area contributed by atoms with Gasteiger partial charge in [-0.05, 0) is 18.4 Å². The van der Waals surface area contributed by atoms with Crippen LogP contribution >= 0.6 is 0 Å². The molecule has 1 aromatic heterocycles. The normalized spacial score (nSPS) is 15.6. The molecule has 0 unspecified atom stereocenters. The molecule has 0 atom stereocenters. The topological polar surface area (TPSA) is 67.2 Å². The van der Waals surface area contributed by atoms with Crippen LogP contribution in [-0.4, -0.2) is 39.6 Å². The smallest absolute Gasteiger partial charge is 0.228 e. The summed E-state index contributed by atoms with van der Waals surface area (Å²) >= 11 is 0. The fraction of sp³-hybridized carbons (Fsp3) is 0.476. The van der Waals surface area contributed by atoms with Crippen molar-refractivity contribution in [3.8, 4) is 0 Å². The monoisotopic (exact) mass is 368 g/mol. The van der Waals surface area contributed by atoms with Gasteiger partial charge in [0.2, 0.25) is 11.8 Å². The molecule has 1 aliphatic heterocycles. The van der Waals surface area contributed by atoms with Crippen LogP contribution < -0.4 is 5.32 Å². The first kappa shape index (κ1) is 19.1. The zero-order valence-corrected chi connectivity index (χ0v) is 16.3. The molecule has 27 heavy (non-hydrogen) atoms. The van der Waals surface area contributed by atoms with E-state index in [1.54, 1.807) is 10.9 Å². The number of piperidine rings is 1. The Morgan fingerprint density at radius 3 is 2.41 bits per heavy atom. The van der Waals surface area contributed by atoms with Crippen LogP contribution in [0.5, 0.6) is 0 Å². The van der Waals surface area contributed by atoms with Gasteiger partial charge in [0, 0.05) is 30.5 Å². The van der Waals surface area contributed by atoms with Crippen LogP contribution in [0.3, 0.4) is 0 Å². The summed E-state index contributed by atoms with van der Waals surface area (Å²) < 4.78 is 1.80. The van der Waals surface area contributed by atoms with Crippen LogP contribution in [0.25, 0.3) is 0 Å².